The van der Waals surface area contributed by atoms with Gasteiger partial charge in [-0.3, -0.25) is 24.2 Å². The highest BCUT2D eigenvalue weighted by Gasteiger charge is 2.52. The molecule has 2 bridgehead atoms. The van der Waals surface area contributed by atoms with Crippen LogP contribution in [0.25, 0.3) is 0 Å². The molecule has 0 aromatic heterocycles. The molecule has 55 heavy (non-hydrogen) atoms. The van der Waals surface area contributed by atoms with Crippen LogP contribution in [0.1, 0.15) is 74.7 Å². The number of ether oxygens (including phenoxy) is 6. The molecule has 0 aliphatic carbocycles. The number of piperazine rings is 1. The van der Waals surface area contributed by atoms with Gasteiger partial charge in [0.05, 0.1) is 42.5 Å². The molecule has 16 heteroatoms. The third kappa shape index (κ3) is 11.8. The molecule has 0 radical (unpaired) electrons. The lowest BCUT2D eigenvalue weighted by Gasteiger charge is -2.49. The van der Waals surface area contributed by atoms with E-state index in [1.807, 2.05) is 27.7 Å². The number of rotatable bonds is 7. The Morgan fingerprint density at radius 1 is 0.964 bits per heavy atom. The summed E-state index contributed by atoms with van der Waals surface area (Å²) in [7, 11) is 5.11. The molecule has 5 fully saturated rings. The number of methoxy groups -OCH3 is 1. The molecule has 14 atom stereocenters. The molecule has 5 aliphatic rings. The molecule has 5 saturated heterocycles. The summed E-state index contributed by atoms with van der Waals surface area (Å²) in [6.45, 7) is 19.1. The average molecular weight is 786 g/mol. The molecule has 0 aromatic carbocycles. The second-order valence-corrected chi connectivity index (χ2v) is 17.1. The fourth-order valence-corrected chi connectivity index (χ4v) is 9.05. The third-order valence-electron chi connectivity index (χ3n) is 12.2. The van der Waals surface area contributed by atoms with Gasteiger partial charge < -0.3 is 54.2 Å². The molecule has 2 amide bonds. The fraction of sp³-hybridized carbons (Fsp3) is 0.923. The average Bonchev–Trinajstić information content (AvgIpc) is 3.11. The number of esters is 1. The van der Waals surface area contributed by atoms with Crippen molar-refractivity contribution in [2.45, 2.75) is 141 Å². The Morgan fingerprint density at radius 3 is 2.24 bits per heavy atom. The summed E-state index contributed by atoms with van der Waals surface area (Å²) in [6.07, 6.45) is -5.56. The molecule has 0 unspecified atom stereocenters. The summed E-state index contributed by atoms with van der Waals surface area (Å²) >= 11 is 0. The van der Waals surface area contributed by atoms with E-state index in [4.69, 9.17) is 28.4 Å². The summed E-state index contributed by atoms with van der Waals surface area (Å²) in [4.78, 5) is 45.6. The van der Waals surface area contributed by atoms with E-state index in [1.54, 1.807) is 46.9 Å². The molecule has 4 N–H and O–H groups in total. The van der Waals surface area contributed by atoms with Crippen LogP contribution < -0.4 is 10.6 Å². The van der Waals surface area contributed by atoms with Crippen LogP contribution in [0.15, 0.2) is 0 Å². The van der Waals surface area contributed by atoms with Crippen molar-refractivity contribution in [2.75, 3.05) is 73.6 Å². The molecular formula is C39H71N5O11. The Labute approximate surface area is 328 Å². The first kappa shape index (κ1) is 45.7. The SMILES string of the molecule is CN[C@H]1C[C@@H](C)O[C@@H](O[C@@H]2[C@@H](C)[C@H](O[C@H]3C[C@@](C)(OC)[C@@H](OC(C)=O)[C@H](C)O3)[C@@H](C)C(=O)NCCN3CCN(CC3)CC(=O)N(C)C[C@H](C)C[C@@]2(C)O)[C@@H]1O. The van der Waals surface area contributed by atoms with E-state index < -0.39 is 72.1 Å². The Kier molecular flexibility index (Phi) is 16.3. The monoisotopic (exact) mass is 786 g/mol. The van der Waals surface area contributed by atoms with Crippen LogP contribution in [0, 0.1) is 17.8 Å². The van der Waals surface area contributed by atoms with Crippen LogP contribution in [-0.2, 0) is 42.8 Å². The molecule has 318 valence electrons. The van der Waals surface area contributed by atoms with Crippen molar-refractivity contribution >= 4 is 17.8 Å². The summed E-state index contributed by atoms with van der Waals surface area (Å²) in [5.74, 6) is -2.28. The number of fused-ring (bicyclic) bond motifs is 16. The summed E-state index contributed by atoms with van der Waals surface area (Å²) < 4.78 is 37.6. The molecule has 5 aliphatic heterocycles. The van der Waals surface area contributed by atoms with Gasteiger partial charge in [0.15, 0.2) is 18.7 Å². The third-order valence-corrected chi connectivity index (χ3v) is 12.2. The number of nitrogens with zero attached hydrogens (tertiary/aromatic N) is 3. The zero-order chi connectivity index (χ0) is 40.8. The standard InChI is InChI=1S/C39H71N5O11/c1-23-19-38(7,49)34(55-37-32(47)29(40-9)18-24(2)51-37)25(3)33(54-31-20-39(8,50-11)35(27(5)52-31)53-28(6)45)26(4)36(48)41-12-13-43-14-16-44(17-15-43)22-30(46)42(10)21-23/h23-27,29,31-35,37,40,47,49H,12-22H2,1-11H3,(H,41,48)/t23-,24-,25+,26-,27+,29+,31+,32-,33+,34-,35+,37+,38-,39-/m1/s1. The summed E-state index contributed by atoms with van der Waals surface area (Å²) in [6, 6.07) is -0.316. The van der Waals surface area contributed by atoms with E-state index >= 15 is 0 Å². The quantitative estimate of drug-likeness (QED) is 0.263. The first-order chi connectivity index (χ1) is 25.8. The molecule has 0 saturated carbocycles. The lowest BCUT2D eigenvalue weighted by molar-refractivity contribution is -0.316. The van der Waals surface area contributed by atoms with Crippen LogP contribution in [0.2, 0.25) is 0 Å². The van der Waals surface area contributed by atoms with E-state index in [0.717, 1.165) is 26.2 Å². The Morgan fingerprint density at radius 2 is 1.62 bits per heavy atom. The first-order valence-corrected chi connectivity index (χ1v) is 20.2. The molecule has 5 heterocycles. The smallest absolute Gasteiger partial charge is 0.303 e. The number of carbonyl (C=O) groups is 3. The van der Waals surface area contributed by atoms with Gasteiger partial charge in [0, 0.05) is 85.3 Å². The van der Waals surface area contributed by atoms with Crippen molar-refractivity contribution in [1.82, 2.24) is 25.3 Å². The normalized spacial score (nSPS) is 44.6. The molecule has 16 nitrogen and oxygen atoms in total. The van der Waals surface area contributed by atoms with Gasteiger partial charge in [-0.15, -0.1) is 0 Å². The predicted octanol–water partition coefficient (Wildman–Crippen LogP) is 0.568. The predicted molar refractivity (Wildman–Crippen MR) is 204 cm³/mol. The van der Waals surface area contributed by atoms with Crippen LogP contribution in [0.5, 0.6) is 0 Å². The largest absolute Gasteiger partial charge is 0.457 e. The maximum Gasteiger partial charge on any atom is 0.303 e. The van der Waals surface area contributed by atoms with Crippen LogP contribution in [0.3, 0.4) is 0 Å². The summed E-state index contributed by atoms with van der Waals surface area (Å²) in [5.41, 5.74) is -2.53. The fourth-order valence-electron chi connectivity index (χ4n) is 9.05. The molecule has 5 rings (SSSR count). The Bertz CT molecular complexity index is 1270. The minimum atomic E-state index is -1.56. The Balaban J connectivity index is 1.73. The van der Waals surface area contributed by atoms with Gasteiger partial charge in [-0.1, -0.05) is 20.8 Å². The van der Waals surface area contributed by atoms with Crippen molar-refractivity contribution in [2.24, 2.45) is 17.8 Å². The Hall–Kier alpha value is -1.99. The van der Waals surface area contributed by atoms with Crippen molar-refractivity contribution in [3.63, 3.8) is 0 Å². The minimum absolute atomic E-state index is 0.0140. The number of amides is 2. The summed E-state index contributed by atoms with van der Waals surface area (Å²) in [5, 5.41) is 30.2. The zero-order valence-electron chi connectivity index (χ0n) is 35.1. The minimum Gasteiger partial charge on any atom is -0.457 e. The van der Waals surface area contributed by atoms with Gasteiger partial charge in [0.25, 0.3) is 0 Å². The number of hydrogen-bond donors (Lipinski definition) is 4. The van der Waals surface area contributed by atoms with Crippen LogP contribution >= 0.6 is 0 Å². The molecular weight excluding hydrogens is 714 g/mol. The topological polar surface area (TPSA) is 181 Å². The van der Waals surface area contributed by atoms with E-state index in [1.165, 1.54) is 6.92 Å². The maximum atomic E-state index is 14.1. The van der Waals surface area contributed by atoms with Gasteiger partial charge >= 0.3 is 5.97 Å². The maximum absolute atomic E-state index is 14.1. The van der Waals surface area contributed by atoms with E-state index in [0.29, 0.717) is 32.6 Å². The number of aliphatic hydroxyl groups is 2. The zero-order valence-corrected chi connectivity index (χ0v) is 35.1. The van der Waals surface area contributed by atoms with Gasteiger partial charge in [0.1, 0.15) is 11.7 Å². The number of carbonyl (C=O) groups excluding carboxylic acids is 3. The lowest BCUT2D eigenvalue weighted by Crippen LogP contribution is -2.61. The van der Waals surface area contributed by atoms with Gasteiger partial charge in [-0.05, 0) is 53.5 Å². The van der Waals surface area contributed by atoms with Crippen LogP contribution in [-0.4, -0.2) is 183 Å². The number of hydrogen-bond acceptors (Lipinski definition) is 14. The second kappa shape index (κ2) is 19.6. The second-order valence-electron chi connectivity index (χ2n) is 17.1. The number of likely N-dealkylation sites (N-methyl/N-ethyl adjacent to an activating group) is 2. The molecule has 0 aromatic rings. The first-order valence-electron chi connectivity index (χ1n) is 20.2. The highest BCUT2D eigenvalue weighted by Crippen LogP contribution is 2.39. The number of nitrogens with one attached hydrogen (secondary N) is 2. The van der Waals surface area contributed by atoms with Gasteiger partial charge in [-0.25, -0.2) is 0 Å². The van der Waals surface area contributed by atoms with E-state index in [-0.39, 0.29) is 42.7 Å². The van der Waals surface area contributed by atoms with Crippen molar-refractivity contribution in [3.05, 3.63) is 0 Å². The van der Waals surface area contributed by atoms with Crippen molar-refractivity contribution < 1.29 is 53.0 Å². The lowest BCUT2D eigenvalue weighted by atomic mass is 9.77. The molecule has 0 spiro atoms. The van der Waals surface area contributed by atoms with Crippen molar-refractivity contribution in [1.29, 1.82) is 0 Å². The van der Waals surface area contributed by atoms with Gasteiger partial charge in [0.2, 0.25) is 11.8 Å². The van der Waals surface area contributed by atoms with Crippen LogP contribution in [0.4, 0.5) is 0 Å². The van der Waals surface area contributed by atoms with Gasteiger partial charge in [-0.2, -0.15) is 0 Å². The van der Waals surface area contributed by atoms with E-state index in [2.05, 4.69) is 20.4 Å². The highest BCUT2D eigenvalue weighted by molar-refractivity contribution is 5.79. The van der Waals surface area contributed by atoms with E-state index in [9.17, 15) is 24.6 Å². The highest BCUT2D eigenvalue weighted by atomic mass is 16.7. The van der Waals surface area contributed by atoms with Crippen molar-refractivity contribution in [3.8, 4) is 0 Å². The number of aliphatic hydroxyl groups excluding tert-OH is 1.